The fourth-order valence-corrected chi connectivity index (χ4v) is 1.76. The van der Waals surface area contributed by atoms with Gasteiger partial charge in [-0.25, -0.2) is 0 Å². The van der Waals surface area contributed by atoms with E-state index in [-0.39, 0.29) is 29.8 Å². The molecule has 1 fully saturated rings. The van der Waals surface area contributed by atoms with Crippen molar-refractivity contribution >= 4 is 11.9 Å². The molecule has 0 spiro atoms. The number of carbonyl (C=O) groups is 2. The third-order valence-corrected chi connectivity index (χ3v) is 2.93. The Morgan fingerprint density at radius 3 is 2.87 bits per heavy atom. The van der Waals surface area contributed by atoms with Crippen LogP contribution in [-0.4, -0.2) is 31.6 Å². The van der Waals surface area contributed by atoms with Gasteiger partial charge in [0.25, 0.3) is 0 Å². The molecule has 3 atom stereocenters. The zero-order valence-electron chi connectivity index (χ0n) is 9.16. The number of carbonyl (C=O) groups excluding carboxylic acids is 2. The number of hydrogen-bond donors (Lipinski definition) is 2. The summed E-state index contributed by atoms with van der Waals surface area (Å²) in [6.45, 7) is 2.44. The number of ether oxygens (including phenoxy) is 1. The molecule has 1 aliphatic rings. The molecule has 1 saturated heterocycles. The van der Waals surface area contributed by atoms with E-state index in [4.69, 9.17) is 5.73 Å². The fourth-order valence-electron chi connectivity index (χ4n) is 1.76. The molecule has 0 aromatic heterocycles. The van der Waals surface area contributed by atoms with Crippen molar-refractivity contribution in [3.8, 4) is 0 Å². The van der Waals surface area contributed by atoms with E-state index >= 15 is 0 Å². The molecule has 1 amide bonds. The van der Waals surface area contributed by atoms with Crippen LogP contribution < -0.4 is 11.1 Å². The molecule has 15 heavy (non-hydrogen) atoms. The highest BCUT2D eigenvalue weighted by molar-refractivity contribution is 5.80. The van der Waals surface area contributed by atoms with Crippen LogP contribution in [0.25, 0.3) is 0 Å². The van der Waals surface area contributed by atoms with Crippen molar-refractivity contribution in [3.05, 3.63) is 0 Å². The maximum Gasteiger partial charge on any atom is 0.309 e. The topological polar surface area (TPSA) is 81.4 Å². The second kappa shape index (κ2) is 5.11. The predicted molar refractivity (Wildman–Crippen MR) is 54.9 cm³/mol. The van der Waals surface area contributed by atoms with E-state index in [0.29, 0.717) is 13.0 Å². The Morgan fingerprint density at radius 1 is 1.73 bits per heavy atom. The van der Waals surface area contributed by atoms with Crippen LogP contribution >= 0.6 is 0 Å². The molecule has 0 aromatic carbocycles. The lowest BCUT2D eigenvalue weighted by molar-refractivity contribution is -0.145. The van der Waals surface area contributed by atoms with Crippen molar-refractivity contribution in [2.45, 2.75) is 25.8 Å². The first-order chi connectivity index (χ1) is 7.06. The Bertz CT molecular complexity index is 255. The van der Waals surface area contributed by atoms with Gasteiger partial charge in [0.1, 0.15) is 0 Å². The van der Waals surface area contributed by atoms with Crippen LogP contribution in [0.15, 0.2) is 0 Å². The highest BCUT2D eigenvalue weighted by Gasteiger charge is 2.30. The van der Waals surface area contributed by atoms with Crippen molar-refractivity contribution in [2.24, 2.45) is 17.6 Å². The van der Waals surface area contributed by atoms with Gasteiger partial charge in [-0.05, 0) is 12.8 Å². The predicted octanol–water partition coefficient (Wildman–Crippen LogP) is -0.351. The van der Waals surface area contributed by atoms with Crippen molar-refractivity contribution in [3.63, 3.8) is 0 Å². The molecule has 3 N–H and O–H groups in total. The summed E-state index contributed by atoms with van der Waals surface area (Å²) in [4.78, 5) is 22.5. The summed E-state index contributed by atoms with van der Waals surface area (Å²) in [5, 5.41) is 2.75. The number of amides is 1. The molecule has 0 aromatic rings. The largest absolute Gasteiger partial charge is 0.469 e. The molecule has 1 unspecified atom stereocenters. The van der Waals surface area contributed by atoms with Gasteiger partial charge in [0.2, 0.25) is 5.91 Å². The molecule has 5 nitrogen and oxygen atoms in total. The van der Waals surface area contributed by atoms with Gasteiger partial charge in [-0.3, -0.25) is 9.59 Å². The smallest absolute Gasteiger partial charge is 0.309 e. The van der Waals surface area contributed by atoms with Crippen molar-refractivity contribution in [1.82, 2.24) is 5.32 Å². The van der Waals surface area contributed by atoms with Crippen LogP contribution in [-0.2, 0) is 14.3 Å². The number of methoxy groups -OCH3 is 1. The van der Waals surface area contributed by atoms with Crippen molar-refractivity contribution in [2.75, 3.05) is 13.7 Å². The first-order valence-corrected chi connectivity index (χ1v) is 5.17. The van der Waals surface area contributed by atoms with Gasteiger partial charge < -0.3 is 15.8 Å². The maximum atomic E-state index is 11.3. The van der Waals surface area contributed by atoms with E-state index in [1.807, 2.05) is 0 Å². The first kappa shape index (κ1) is 12.0. The molecule has 86 valence electrons. The Morgan fingerprint density at radius 2 is 2.40 bits per heavy atom. The van der Waals surface area contributed by atoms with Crippen LogP contribution in [0.1, 0.15) is 19.8 Å². The molecule has 1 rings (SSSR count). The Balaban J connectivity index is 2.43. The highest BCUT2D eigenvalue weighted by atomic mass is 16.5. The van der Waals surface area contributed by atoms with Crippen LogP contribution in [0, 0.1) is 11.8 Å². The maximum absolute atomic E-state index is 11.3. The van der Waals surface area contributed by atoms with Gasteiger partial charge in [0, 0.05) is 18.5 Å². The van der Waals surface area contributed by atoms with E-state index in [1.54, 1.807) is 6.92 Å². The third kappa shape index (κ3) is 2.92. The third-order valence-electron chi connectivity index (χ3n) is 2.93. The number of esters is 1. The summed E-state index contributed by atoms with van der Waals surface area (Å²) in [7, 11) is 1.34. The van der Waals surface area contributed by atoms with Gasteiger partial charge in [-0.1, -0.05) is 6.92 Å². The van der Waals surface area contributed by atoms with Crippen LogP contribution in [0.5, 0.6) is 0 Å². The lowest BCUT2D eigenvalue weighted by atomic mass is 9.91. The molecule has 0 bridgehead atoms. The molecule has 5 heteroatoms. The Labute approximate surface area is 89.3 Å². The van der Waals surface area contributed by atoms with Gasteiger partial charge >= 0.3 is 5.97 Å². The summed E-state index contributed by atoms with van der Waals surface area (Å²) in [6, 6.07) is -0.314. The number of nitrogens with two attached hydrogens (primary N) is 1. The molecule has 1 heterocycles. The average Bonchev–Trinajstić information content (AvgIpc) is 2.62. The van der Waals surface area contributed by atoms with Gasteiger partial charge in [0.05, 0.1) is 13.0 Å². The molecule has 0 aliphatic carbocycles. The van der Waals surface area contributed by atoms with E-state index in [9.17, 15) is 9.59 Å². The molecule has 0 saturated carbocycles. The van der Waals surface area contributed by atoms with E-state index in [0.717, 1.165) is 6.42 Å². The van der Waals surface area contributed by atoms with Crippen molar-refractivity contribution in [1.29, 1.82) is 0 Å². The molecule has 0 radical (unpaired) electrons. The van der Waals surface area contributed by atoms with Crippen molar-refractivity contribution < 1.29 is 14.3 Å². The van der Waals surface area contributed by atoms with Crippen LogP contribution in [0.4, 0.5) is 0 Å². The van der Waals surface area contributed by atoms with Crippen LogP contribution in [0.3, 0.4) is 0 Å². The number of nitrogens with one attached hydrogen (secondary N) is 1. The zero-order chi connectivity index (χ0) is 11.4. The summed E-state index contributed by atoms with van der Waals surface area (Å²) in [5.74, 6) is -0.682. The van der Waals surface area contributed by atoms with E-state index < -0.39 is 0 Å². The standard InChI is InChI=1S/C10H18N2O3/c1-6(10(14)15-2)8(11)5-7-3-4-12-9(7)13/h6-8H,3-5,11H2,1-2H3,(H,12,13)/t6?,7-,8-/m0/s1. The second-order valence-electron chi connectivity index (χ2n) is 3.99. The lowest BCUT2D eigenvalue weighted by Crippen LogP contribution is -2.37. The second-order valence-corrected chi connectivity index (χ2v) is 3.99. The summed E-state index contributed by atoms with van der Waals surface area (Å²) >= 11 is 0. The number of rotatable bonds is 4. The minimum Gasteiger partial charge on any atom is -0.469 e. The van der Waals surface area contributed by atoms with Crippen LogP contribution in [0.2, 0.25) is 0 Å². The Kier molecular flexibility index (Phi) is 4.08. The first-order valence-electron chi connectivity index (χ1n) is 5.17. The zero-order valence-corrected chi connectivity index (χ0v) is 9.16. The molecular formula is C10H18N2O3. The monoisotopic (exact) mass is 214 g/mol. The lowest BCUT2D eigenvalue weighted by Gasteiger charge is -2.19. The SMILES string of the molecule is COC(=O)C(C)[C@@H](N)C[C@@H]1CCNC1=O. The minimum absolute atomic E-state index is 0.0440. The molecular weight excluding hydrogens is 196 g/mol. The van der Waals surface area contributed by atoms with E-state index in [1.165, 1.54) is 7.11 Å². The van der Waals surface area contributed by atoms with Gasteiger partial charge in [-0.2, -0.15) is 0 Å². The fraction of sp³-hybridized carbons (Fsp3) is 0.800. The van der Waals surface area contributed by atoms with E-state index in [2.05, 4.69) is 10.1 Å². The number of hydrogen-bond acceptors (Lipinski definition) is 4. The summed E-state index contributed by atoms with van der Waals surface area (Å²) < 4.78 is 4.60. The highest BCUT2D eigenvalue weighted by Crippen LogP contribution is 2.19. The Hall–Kier alpha value is -1.10. The average molecular weight is 214 g/mol. The quantitative estimate of drug-likeness (QED) is 0.627. The van der Waals surface area contributed by atoms with Gasteiger partial charge in [0.15, 0.2) is 0 Å². The summed E-state index contributed by atoms with van der Waals surface area (Å²) in [6.07, 6.45) is 1.35. The normalized spacial score (nSPS) is 24.5. The molecule has 1 aliphatic heterocycles. The summed E-state index contributed by atoms with van der Waals surface area (Å²) in [5.41, 5.74) is 5.85. The van der Waals surface area contributed by atoms with Gasteiger partial charge in [-0.15, -0.1) is 0 Å². The minimum atomic E-state index is -0.358.